The predicted octanol–water partition coefficient (Wildman–Crippen LogP) is 6.65. The van der Waals surface area contributed by atoms with E-state index >= 15 is 0 Å². The van der Waals surface area contributed by atoms with Crippen LogP contribution in [0.15, 0.2) is 58.1 Å². The van der Waals surface area contributed by atoms with Crippen LogP contribution in [0, 0.1) is 0 Å². The molecule has 0 aliphatic rings. The molecule has 2 aromatic heterocycles. The van der Waals surface area contributed by atoms with E-state index in [2.05, 4.69) is 41.7 Å². The highest BCUT2D eigenvalue weighted by Gasteiger charge is 2.21. The van der Waals surface area contributed by atoms with Gasteiger partial charge in [-0.3, -0.25) is 9.59 Å². The molecule has 2 N–H and O–H groups in total. The van der Waals surface area contributed by atoms with Crippen molar-refractivity contribution in [1.82, 2.24) is 9.97 Å². The molecule has 0 unspecified atom stereocenters. The molecule has 0 radical (unpaired) electrons. The van der Waals surface area contributed by atoms with Gasteiger partial charge in [0.25, 0.3) is 0 Å². The Morgan fingerprint density at radius 3 is 2.14 bits per heavy atom. The van der Waals surface area contributed by atoms with Crippen LogP contribution in [0.25, 0.3) is 43.6 Å². The van der Waals surface area contributed by atoms with Crippen LogP contribution in [0.3, 0.4) is 0 Å². The number of H-pyrrole nitrogens is 2. The summed E-state index contributed by atoms with van der Waals surface area (Å²) in [4.78, 5) is 37.1. The molecule has 180 valence electrons. The Morgan fingerprint density at radius 1 is 0.714 bits per heavy atom. The van der Waals surface area contributed by atoms with Gasteiger partial charge in [0.1, 0.15) is 0 Å². The molecule has 0 aliphatic carbocycles. The first kappa shape index (κ1) is 23.2. The molecule has 5 nitrogen and oxygen atoms in total. The molecule has 5 aromatic rings. The smallest absolute Gasteiger partial charge is 0.199 e. The number of rotatable bonds is 8. The van der Waals surface area contributed by atoms with Crippen molar-refractivity contribution in [2.75, 3.05) is 18.0 Å². The van der Waals surface area contributed by atoms with Crippen molar-refractivity contribution >= 4 is 49.3 Å². The van der Waals surface area contributed by atoms with Gasteiger partial charge < -0.3 is 14.9 Å². The molecule has 0 saturated heterocycles. The number of aromatic nitrogens is 2. The Kier molecular flexibility index (Phi) is 6.33. The van der Waals surface area contributed by atoms with Crippen LogP contribution in [0.1, 0.15) is 52.0 Å². The molecular formula is C30H33N3O2. The molecule has 0 bridgehead atoms. The van der Waals surface area contributed by atoms with E-state index in [0.717, 1.165) is 73.0 Å². The first-order chi connectivity index (χ1) is 17.1. The van der Waals surface area contributed by atoms with Gasteiger partial charge in [-0.05, 0) is 55.2 Å². The highest BCUT2D eigenvalue weighted by molar-refractivity contribution is 6.13. The molecule has 5 heteroatoms. The standard InChI is InChI=1S/C30H33N3O2/c1-4-7-15-33(16-8-5-2)28-26-25(31-24-14-13-19(6-3)17-21(24)30(26)35)18-22-27(28)32-23-12-10-9-11-20(23)29(22)34/h9-14,17-18H,4-8,15-16H2,1-3H3,(H,31,35)(H,32,34). The molecule has 3 aromatic carbocycles. The molecule has 35 heavy (non-hydrogen) atoms. The highest BCUT2D eigenvalue weighted by Crippen LogP contribution is 2.34. The number of anilines is 1. The minimum Gasteiger partial charge on any atom is -0.369 e. The van der Waals surface area contributed by atoms with Gasteiger partial charge in [-0.1, -0.05) is 51.8 Å². The number of hydrogen-bond acceptors (Lipinski definition) is 3. The number of pyridine rings is 2. The summed E-state index contributed by atoms with van der Waals surface area (Å²) in [7, 11) is 0. The highest BCUT2D eigenvalue weighted by atomic mass is 16.1. The summed E-state index contributed by atoms with van der Waals surface area (Å²) in [6, 6.07) is 15.5. The van der Waals surface area contributed by atoms with Gasteiger partial charge in [-0.25, -0.2) is 0 Å². The number of unbranched alkanes of at least 4 members (excludes halogenated alkanes) is 2. The van der Waals surface area contributed by atoms with Crippen LogP contribution < -0.4 is 15.8 Å². The fourth-order valence-corrected chi connectivity index (χ4v) is 5.11. The van der Waals surface area contributed by atoms with E-state index in [1.807, 2.05) is 42.5 Å². The lowest BCUT2D eigenvalue weighted by Crippen LogP contribution is -2.28. The molecule has 0 aliphatic heterocycles. The number of benzene rings is 3. The van der Waals surface area contributed by atoms with Gasteiger partial charge in [-0.2, -0.15) is 0 Å². The quantitative estimate of drug-likeness (QED) is 0.251. The minimum absolute atomic E-state index is 0.00860. The summed E-state index contributed by atoms with van der Waals surface area (Å²) >= 11 is 0. The van der Waals surface area contributed by atoms with Crippen LogP contribution in [-0.2, 0) is 6.42 Å². The number of aromatic amines is 2. The summed E-state index contributed by atoms with van der Waals surface area (Å²) in [5.74, 6) is 0. The van der Waals surface area contributed by atoms with Crippen LogP contribution in [-0.4, -0.2) is 23.1 Å². The lowest BCUT2D eigenvalue weighted by atomic mass is 10.0. The number of hydrogen-bond donors (Lipinski definition) is 2. The topological polar surface area (TPSA) is 69.0 Å². The second-order valence-electron chi connectivity index (χ2n) is 9.45. The van der Waals surface area contributed by atoms with Crippen LogP contribution >= 0.6 is 0 Å². The first-order valence-electron chi connectivity index (χ1n) is 12.9. The SMILES string of the molecule is CCCCN(CCCC)c1c2[nH]c3ccccc3c(=O)c2cc2[nH]c3ccc(CC)cc3c(=O)c12. The molecule has 2 heterocycles. The normalized spacial score (nSPS) is 11.7. The maximum absolute atomic E-state index is 14.1. The zero-order valence-electron chi connectivity index (χ0n) is 20.8. The number of aryl methyl sites for hydroxylation is 1. The van der Waals surface area contributed by atoms with Gasteiger partial charge in [0.2, 0.25) is 0 Å². The molecule has 0 saturated carbocycles. The molecule has 0 spiro atoms. The number of nitrogens with zero attached hydrogens (tertiary/aromatic N) is 1. The van der Waals surface area contributed by atoms with Crippen molar-refractivity contribution in [2.45, 2.75) is 52.9 Å². The Bertz CT molecular complexity index is 1650. The van der Waals surface area contributed by atoms with Crippen molar-refractivity contribution in [1.29, 1.82) is 0 Å². The van der Waals surface area contributed by atoms with E-state index in [4.69, 9.17) is 0 Å². The largest absolute Gasteiger partial charge is 0.369 e. The third-order valence-corrected chi connectivity index (χ3v) is 7.09. The van der Waals surface area contributed by atoms with Gasteiger partial charge in [0.05, 0.1) is 27.5 Å². The molecule has 0 amide bonds. The summed E-state index contributed by atoms with van der Waals surface area (Å²) in [5.41, 5.74) is 5.07. The molecule has 5 rings (SSSR count). The maximum atomic E-state index is 14.1. The average Bonchev–Trinajstić information content (AvgIpc) is 2.88. The van der Waals surface area contributed by atoms with Gasteiger partial charge in [-0.15, -0.1) is 0 Å². The third kappa shape index (κ3) is 3.99. The zero-order valence-corrected chi connectivity index (χ0v) is 20.8. The van der Waals surface area contributed by atoms with Crippen LogP contribution in [0.2, 0.25) is 0 Å². The average molecular weight is 468 g/mol. The first-order valence-corrected chi connectivity index (χ1v) is 12.9. The monoisotopic (exact) mass is 467 g/mol. The molecule has 0 fully saturated rings. The third-order valence-electron chi connectivity index (χ3n) is 7.09. The van der Waals surface area contributed by atoms with Crippen molar-refractivity contribution in [3.63, 3.8) is 0 Å². The van der Waals surface area contributed by atoms with Crippen molar-refractivity contribution in [2.24, 2.45) is 0 Å². The van der Waals surface area contributed by atoms with Gasteiger partial charge >= 0.3 is 0 Å². The predicted molar refractivity (Wildman–Crippen MR) is 149 cm³/mol. The van der Waals surface area contributed by atoms with Crippen molar-refractivity contribution in [3.8, 4) is 0 Å². The van der Waals surface area contributed by atoms with E-state index in [-0.39, 0.29) is 10.9 Å². The van der Waals surface area contributed by atoms with E-state index in [1.165, 1.54) is 0 Å². The lowest BCUT2D eigenvalue weighted by Gasteiger charge is -2.27. The molecular weight excluding hydrogens is 434 g/mol. The second kappa shape index (κ2) is 9.57. The number of fused-ring (bicyclic) bond motifs is 4. The van der Waals surface area contributed by atoms with Gasteiger partial charge in [0.15, 0.2) is 10.9 Å². The van der Waals surface area contributed by atoms with Crippen molar-refractivity contribution < 1.29 is 0 Å². The fourth-order valence-electron chi connectivity index (χ4n) is 5.11. The Balaban J connectivity index is 1.97. The Morgan fingerprint density at radius 2 is 1.43 bits per heavy atom. The Hall–Kier alpha value is -3.60. The summed E-state index contributed by atoms with van der Waals surface area (Å²) in [6.45, 7) is 8.14. The number of nitrogens with one attached hydrogen (secondary N) is 2. The van der Waals surface area contributed by atoms with Crippen molar-refractivity contribution in [3.05, 3.63) is 74.5 Å². The molecule has 0 atom stereocenters. The summed E-state index contributed by atoms with van der Waals surface area (Å²) in [6.07, 6.45) is 5.03. The van der Waals surface area contributed by atoms with E-state index < -0.39 is 0 Å². The van der Waals surface area contributed by atoms with Gasteiger partial charge in [0, 0.05) is 34.9 Å². The van der Waals surface area contributed by atoms with E-state index in [9.17, 15) is 9.59 Å². The maximum Gasteiger partial charge on any atom is 0.199 e. The Labute approximate surface area is 204 Å². The van der Waals surface area contributed by atoms with Crippen LogP contribution in [0.4, 0.5) is 5.69 Å². The zero-order chi connectivity index (χ0) is 24.5. The summed E-state index contributed by atoms with van der Waals surface area (Å²) < 4.78 is 0. The number of para-hydroxylation sites is 1. The second-order valence-corrected chi connectivity index (χ2v) is 9.45. The van der Waals surface area contributed by atoms with E-state index in [1.54, 1.807) is 0 Å². The lowest BCUT2D eigenvalue weighted by molar-refractivity contribution is 0.680. The summed E-state index contributed by atoms with van der Waals surface area (Å²) in [5, 5.41) is 2.64. The fraction of sp³-hybridized carbons (Fsp3) is 0.333. The minimum atomic E-state index is -0.00860. The van der Waals surface area contributed by atoms with E-state index in [0.29, 0.717) is 27.1 Å². The van der Waals surface area contributed by atoms with Crippen LogP contribution in [0.5, 0.6) is 0 Å².